The summed E-state index contributed by atoms with van der Waals surface area (Å²) in [7, 11) is 0. The Morgan fingerprint density at radius 1 is 1.29 bits per heavy atom. The number of hydrogen-bond donors (Lipinski definition) is 1. The molecule has 0 saturated carbocycles. The van der Waals surface area contributed by atoms with Crippen LogP contribution in [0.4, 0.5) is 0 Å². The fourth-order valence-corrected chi connectivity index (χ4v) is 3.14. The maximum atomic E-state index is 5.89. The third-order valence-electron chi connectivity index (χ3n) is 4.33. The summed E-state index contributed by atoms with van der Waals surface area (Å²) < 4.78 is 5.89. The van der Waals surface area contributed by atoms with Crippen molar-refractivity contribution in [3.05, 3.63) is 29.8 Å². The van der Waals surface area contributed by atoms with Crippen LogP contribution in [0.15, 0.2) is 24.3 Å². The Hall–Kier alpha value is -1.06. The molecule has 1 aromatic rings. The number of rotatable bonds is 8. The molecule has 1 fully saturated rings. The van der Waals surface area contributed by atoms with E-state index in [0.29, 0.717) is 0 Å². The molecule has 1 atom stereocenters. The fourth-order valence-electron chi connectivity index (χ4n) is 3.14. The molecule has 0 aromatic heterocycles. The summed E-state index contributed by atoms with van der Waals surface area (Å²) in [6.07, 6.45) is 2.68. The summed E-state index contributed by atoms with van der Waals surface area (Å²) in [6.45, 7) is 11.8. The summed E-state index contributed by atoms with van der Waals surface area (Å²) in [5.74, 6) is 1.73. The lowest BCUT2D eigenvalue weighted by atomic mass is 10.0. The molecular formula is C18H30N2O. The number of nitrogens with one attached hydrogen (secondary N) is 1. The normalized spacial score (nSPS) is 19.3. The van der Waals surface area contributed by atoms with Gasteiger partial charge in [-0.25, -0.2) is 0 Å². The lowest BCUT2D eigenvalue weighted by Gasteiger charge is -2.27. The SMILES string of the molecule is CCNCc1ccc(OCCN2CCCC2C(C)C)cc1. The van der Waals surface area contributed by atoms with Gasteiger partial charge in [-0.05, 0) is 49.5 Å². The lowest BCUT2D eigenvalue weighted by Crippen LogP contribution is -2.36. The minimum Gasteiger partial charge on any atom is -0.492 e. The average molecular weight is 290 g/mol. The van der Waals surface area contributed by atoms with E-state index in [1.165, 1.54) is 24.9 Å². The Bertz CT molecular complexity index is 402. The van der Waals surface area contributed by atoms with Crippen molar-refractivity contribution >= 4 is 0 Å². The van der Waals surface area contributed by atoms with Crippen LogP contribution < -0.4 is 10.1 Å². The molecule has 1 aliphatic heterocycles. The molecule has 1 aromatic carbocycles. The molecule has 1 heterocycles. The highest BCUT2D eigenvalue weighted by atomic mass is 16.5. The summed E-state index contributed by atoms with van der Waals surface area (Å²) in [5, 5.41) is 3.33. The first-order chi connectivity index (χ1) is 10.2. The van der Waals surface area contributed by atoms with Crippen LogP contribution in [0.5, 0.6) is 5.75 Å². The number of benzene rings is 1. The molecular weight excluding hydrogens is 260 g/mol. The third-order valence-corrected chi connectivity index (χ3v) is 4.33. The van der Waals surface area contributed by atoms with E-state index in [-0.39, 0.29) is 0 Å². The molecule has 1 N–H and O–H groups in total. The van der Waals surface area contributed by atoms with Gasteiger partial charge in [0, 0.05) is 19.1 Å². The van der Waals surface area contributed by atoms with Gasteiger partial charge in [-0.2, -0.15) is 0 Å². The van der Waals surface area contributed by atoms with E-state index in [1.807, 2.05) is 0 Å². The first-order valence-corrected chi connectivity index (χ1v) is 8.37. The number of nitrogens with zero attached hydrogens (tertiary/aromatic N) is 1. The molecule has 0 spiro atoms. The van der Waals surface area contributed by atoms with E-state index in [9.17, 15) is 0 Å². The van der Waals surface area contributed by atoms with Crippen molar-refractivity contribution in [2.24, 2.45) is 5.92 Å². The number of hydrogen-bond acceptors (Lipinski definition) is 3. The fraction of sp³-hybridized carbons (Fsp3) is 0.667. The van der Waals surface area contributed by atoms with Gasteiger partial charge in [-0.1, -0.05) is 32.9 Å². The first-order valence-electron chi connectivity index (χ1n) is 8.37. The largest absolute Gasteiger partial charge is 0.492 e. The van der Waals surface area contributed by atoms with E-state index < -0.39 is 0 Å². The molecule has 1 unspecified atom stereocenters. The van der Waals surface area contributed by atoms with E-state index >= 15 is 0 Å². The van der Waals surface area contributed by atoms with Gasteiger partial charge in [0.15, 0.2) is 0 Å². The number of likely N-dealkylation sites (tertiary alicyclic amines) is 1. The van der Waals surface area contributed by atoms with Gasteiger partial charge in [0.05, 0.1) is 0 Å². The Morgan fingerprint density at radius 2 is 2.05 bits per heavy atom. The molecule has 0 bridgehead atoms. The van der Waals surface area contributed by atoms with Crippen molar-refractivity contribution in [2.75, 3.05) is 26.2 Å². The lowest BCUT2D eigenvalue weighted by molar-refractivity contribution is 0.168. The van der Waals surface area contributed by atoms with Gasteiger partial charge >= 0.3 is 0 Å². The minimum absolute atomic E-state index is 0.746. The van der Waals surface area contributed by atoms with Crippen LogP contribution in [0.1, 0.15) is 39.2 Å². The van der Waals surface area contributed by atoms with Crippen molar-refractivity contribution < 1.29 is 4.74 Å². The molecule has 0 aliphatic carbocycles. The molecule has 21 heavy (non-hydrogen) atoms. The van der Waals surface area contributed by atoms with Crippen LogP contribution in [0, 0.1) is 5.92 Å². The molecule has 1 aliphatic rings. The van der Waals surface area contributed by atoms with Crippen molar-refractivity contribution in [3.63, 3.8) is 0 Å². The monoisotopic (exact) mass is 290 g/mol. The maximum Gasteiger partial charge on any atom is 0.119 e. The predicted octanol–water partition coefficient (Wildman–Crippen LogP) is 3.30. The zero-order chi connectivity index (χ0) is 15.1. The van der Waals surface area contributed by atoms with Crippen LogP contribution in [0.25, 0.3) is 0 Å². The molecule has 2 rings (SSSR count). The Balaban J connectivity index is 1.73. The van der Waals surface area contributed by atoms with Gasteiger partial charge in [0.2, 0.25) is 0 Å². The summed E-state index contributed by atoms with van der Waals surface area (Å²) in [5.41, 5.74) is 1.31. The topological polar surface area (TPSA) is 24.5 Å². The maximum absolute atomic E-state index is 5.89. The van der Waals surface area contributed by atoms with Crippen molar-refractivity contribution in [1.82, 2.24) is 10.2 Å². The molecule has 1 saturated heterocycles. The molecule has 118 valence electrons. The average Bonchev–Trinajstić information content (AvgIpc) is 2.95. The van der Waals surface area contributed by atoms with Gasteiger partial charge < -0.3 is 10.1 Å². The summed E-state index contributed by atoms with van der Waals surface area (Å²) in [4.78, 5) is 2.59. The van der Waals surface area contributed by atoms with Gasteiger partial charge in [-0.3, -0.25) is 4.90 Å². The van der Waals surface area contributed by atoms with Crippen molar-refractivity contribution in [2.45, 2.75) is 46.2 Å². The second-order valence-electron chi connectivity index (χ2n) is 6.26. The van der Waals surface area contributed by atoms with Gasteiger partial charge in [-0.15, -0.1) is 0 Å². The van der Waals surface area contributed by atoms with Gasteiger partial charge in [0.1, 0.15) is 12.4 Å². The van der Waals surface area contributed by atoms with E-state index in [2.05, 4.69) is 55.3 Å². The zero-order valence-electron chi connectivity index (χ0n) is 13.8. The van der Waals surface area contributed by atoms with Crippen LogP contribution in [0.2, 0.25) is 0 Å². The van der Waals surface area contributed by atoms with E-state index in [1.54, 1.807) is 0 Å². The quantitative estimate of drug-likeness (QED) is 0.795. The molecule has 3 heteroatoms. The Kier molecular flexibility index (Phi) is 6.52. The Labute approximate surface area is 129 Å². The third kappa shape index (κ3) is 5.01. The molecule has 0 radical (unpaired) electrons. The predicted molar refractivity (Wildman–Crippen MR) is 88.8 cm³/mol. The second kappa shape index (κ2) is 8.40. The first kappa shape index (κ1) is 16.3. The molecule has 0 amide bonds. The van der Waals surface area contributed by atoms with Crippen molar-refractivity contribution in [1.29, 1.82) is 0 Å². The second-order valence-corrected chi connectivity index (χ2v) is 6.26. The Morgan fingerprint density at radius 3 is 2.71 bits per heavy atom. The van der Waals surface area contributed by atoms with Crippen LogP contribution in [0.3, 0.4) is 0 Å². The highest BCUT2D eigenvalue weighted by Crippen LogP contribution is 2.23. The molecule has 3 nitrogen and oxygen atoms in total. The summed E-state index contributed by atoms with van der Waals surface area (Å²) >= 11 is 0. The van der Waals surface area contributed by atoms with E-state index in [0.717, 1.165) is 44.0 Å². The van der Waals surface area contributed by atoms with Crippen LogP contribution >= 0.6 is 0 Å². The number of ether oxygens (including phenoxy) is 1. The zero-order valence-corrected chi connectivity index (χ0v) is 13.8. The highest BCUT2D eigenvalue weighted by molar-refractivity contribution is 5.27. The smallest absolute Gasteiger partial charge is 0.119 e. The summed E-state index contributed by atoms with van der Waals surface area (Å²) in [6, 6.07) is 9.19. The van der Waals surface area contributed by atoms with Gasteiger partial charge in [0.25, 0.3) is 0 Å². The van der Waals surface area contributed by atoms with E-state index in [4.69, 9.17) is 4.74 Å². The highest BCUT2D eigenvalue weighted by Gasteiger charge is 2.26. The van der Waals surface area contributed by atoms with Crippen LogP contribution in [-0.2, 0) is 6.54 Å². The minimum atomic E-state index is 0.746. The standard InChI is InChI=1S/C18H30N2O/c1-4-19-14-16-7-9-17(10-8-16)21-13-12-20-11-5-6-18(20)15(2)3/h7-10,15,18-19H,4-6,11-14H2,1-3H3. The van der Waals surface area contributed by atoms with Crippen molar-refractivity contribution in [3.8, 4) is 5.75 Å². The van der Waals surface area contributed by atoms with Crippen LogP contribution in [-0.4, -0.2) is 37.2 Å².